The van der Waals surface area contributed by atoms with Crippen molar-refractivity contribution in [3.05, 3.63) is 90.2 Å². The molecule has 0 aliphatic carbocycles. The van der Waals surface area contributed by atoms with Gasteiger partial charge in [-0.25, -0.2) is 9.82 Å². The molecule has 0 aliphatic rings. The van der Waals surface area contributed by atoms with Gasteiger partial charge in [-0.15, -0.1) is 0 Å². The summed E-state index contributed by atoms with van der Waals surface area (Å²) in [5.74, 6) is 0.466. The highest BCUT2D eigenvalue weighted by Crippen LogP contribution is 2.27. The van der Waals surface area contributed by atoms with Gasteiger partial charge < -0.3 is 10.2 Å². The fourth-order valence-corrected chi connectivity index (χ4v) is 2.16. The molecule has 116 valence electrons. The number of halogens is 1. The first-order chi connectivity index (χ1) is 11.3. The second kappa shape index (κ2) is 7.42. The molecule has 4 heteroatoms. The molecule has 3 nitrogen and oxygen atoms in total. The highest BCUT2D eigenvalue weighted by molar-refractivity contribution is 5.42. The lowest BCUT2D eigenvalue weighted by molar-refractivity contribution is 0.436. The van der Waals surface area contributed by atoms with Crippen molar-refractivity contribution in [1.29, 1.82) is 0 Å². The Hall–Kier alpha value is -2.85. The lowest BCUT2D eigenvalue weighted by atomic mass is 10.2. The molecule has 0 spiro atoms. The minimum atomic E-state index is -0.377. The van der Waals surface area contributed by atoms with E-state index in [0.717, 1.165) is 11.3 Å². The van der Waals surface area contributed by atoms with Crippen LogP contribution in [0.25, 0.3) is 0 Å². The largest absolute Gasteiger partial charge is 0.454 e. The molecular formula is C19H17FN2O. The van der Waals surface area contributed by atoms with Gasteiger partial charge in [0.2, 0.25) is 0 Å². The number of benzene rings is 3. The number of hydrazine groups is 1. The summed E-state index contributed by atoms with van der Waals surface area (Å²) in [6.07, 6.45) is 0. The standard InChI is InChI=1S/C19H17FN2O/c20-17-11-5-7-13-19(17)23-18-12-6-4-8-15(18)14-21-22-16-9-2-1-3-10-16/h1-13,21-22H,14H2. The van der Waals surface area contributed by atoms with Crippen molar-refractivity contribution >= 4 is 5.69 Å². The smallest absolute Gasteiger partial charge is 0.165 e. The van der Waals surface area contributed by atoms with Crippen LogP contribution in [0.3, 0.4) is 0 Å². The zero-order valence-electron chi connectivity index (χ0n) is 12.5. The minimum absolute atomic E-state index is 0.218. The second-order valence-electron chi connectivity index (χ2n) is 4.98. The Balaban J connectivity index is 1.67. The molecule has 0 fully saturated rings. The maximum absolute atomic E-state index is 13.7. The molecule has 3 aromatic rings. The Labute approximate surface area is 134 Å². The van der Waals surface area contributed by atoms with Gasteiger partial charge in [0, 0.05) is 17.8 Å². The van der Waals surface area contributed by atoms with Crippen molar-refractivity contribution in [3.63, 3.8) is 0 Å². The van der Waals surface area contributed by atoms with E-state index in [1.807, 2.05) is 54.6 Å². The van der Waals surface area contributed by atoms with Crippen molar-refractivity contribution in [2.24, 2.45) is 0 Å². The lowest BCUT2D eigenvalue weighted by Gasteiger charge is -2.13. The van der Waals surface area contributed by atoms with Gasteiger partial charge in [-0.2, -0.15) is 0 Å². The molecule has 3 aromatic carbocycles. The summed E-state index contributed by atoms with van der Waals surface area (Å²) in [5, 5.41) is 0. The molecule has 0 saturated carbocycles. The molecular weight excluding hydrogens is 291 g/mol. The van der Waals surface area contributed by atoms with E-state index >= 15 is 0 Å². The Bertz CT molecular complexity index is 762. The summed E-state index contributed by atoms with van der Waals surface area (Å²) >= 11 is 0. The molecule has 0 radical (unpaired) electrons. The molecule has 0 unspecified atom stereocenters. The normalized spacial score (nSPS) is 10.3. The summed E-state index contributed by atoms with van der Waals surface area (Å²) in [6, 6.07) is 23.7. The summed E-state index contributed by atoms with van der Waals surface area (Å²) < 4.78 is 19.4. The van der Waals surface area contributed by atoms with Crippen LogP contribution in [-0.4, -0.2) is 0 Å². The van der Waals surface area contributed by atoms with Gasteiger partial charge >= 0.3 is 0 Å². The molecule has 2 N–H and O–H groups in total. The van der Waals surface area contributed by atoms with Crippen LogP contribution in [-0.2, 0) is 6.54 Å². The SMILES string of the molecule is Fc1ccccc1Oc1ccccc1CNNc1ccccc1. The first kappa shape index (κ1) is 15.1. The Morgan fingerprint density at radius 2 is 1.39 bits per heavy atom. The number of nitrogens with one attached hydrogen (secondary N) is 2. The van der Waals surface area contributed by atoms with E-state index < -0.39 is 0 Å². The van der Waals surface area contributed by atoms with Gasteiger partial charge in [-0.1, -0.05) is 48.5 Å². The summed E-state index contributed by atoms with van der Waals surface area (Å²) in [4.78, 5) is 0. The van der Waals surface area contributed by atoms with Crippen molar-refractivity contribution < 1.29 is 9.13 Å². The number of ether oxygens (including phenoxy) is 1. The van der Waals surface area contributed by atoms with Crippen LogP contribution in [0.1, 0.15) is 5.56 Å². The molecule has 0 aliphatic heterocycles. The van der Waals surface area contributed by atoms with E-state index in [1.54, 1.807) is 18.2 Å². The van der Waals surface area contributed by atoms with E-state index in [-0.39, 0.29) is 11.6 Å². The van der Waals surface area contributed by atoms with E-state index in [0.29, 0.717) is 12.3 Å². The number of para-hydroxylation sites is 3. The topological polar surface area (TPSA) is 33.3 Å². The molecule has 0 heterocycles. The van der Waals surface area contributed by atoms with Gasteiger partial charge in [0.25, 0.3) is 0 Å². The number of hydrogen-bond donors (Lipinski definition) is 2. The van der Waals surface area contributed by atoms with Crippen LogP contribution in [0.5, 0.6) is 11.5 Å². The van der Waals surface area contributed by atoms with Crippen LogP contribution < -0.4 is 15.6 Å². The molecule has 0 aromatic heterocycles. The third-order valence-corrected chi connectivity index (χ3v) is 3.31. The maximum Gasteiger partial charge on any atom is 0.165 e. The first-order valence-electron chi connectivity index (χ1n) is 7.37. The average molecular weight is 308 g/mol. The van der Waals surface area contributed by atoms with Gasteiger partial charge in [-0.05, 0) is 30.3 Å². The molecule has 0 bridgehead atoms. The predicted octanol–water partition coefficient (Wildman–Crippen LogP) is 4.73. The van der Waals surface area contributed by atoms with Crippen LogP contribution in [0, 0.1) is 5.82 Å². The van der Waals surface area contributed by atoms with Crippen molar-refractivity contribution in [2.45, 2.75) is 6.54 Å². The van der Waals surface area contributed by atoms with Gasteiger partial charge in [-0.3, -0.25) is 0 Å². The highest BCUT2D eigenvalue weighted by Gasteiger charge is 2.07. The van der Waals surface area contributed by atoms with Crippen molar-refractivity contribution in [1.82, 2.24) is 5.43 Å². The van der Waals surface area contributed by atoms with Gasteiger partial charge in [0.05, 0.1) is 0 Å². The highest BCUT2D eigenvalue weighted by atomic mass is 19.1. The summed E-state index contributed by atoms with van der Waals surface area (Å²) in [6.45, 7) is 0.541. The molecule has 3 rings (SSSR count). The molecule has 23 heavy (non-hydrogen) atoms. The van der Waals surface area contributed by atoms with E-state index in [2.05, 4.69) is 10.9 Å². The predicted molar refractivity (Wildman–Crippen MR) is 89.8 cm³/mol. The van der Waals surface area contributed by atoms with E-state index in [9.17, 15) is 4.39 Å². The Kier molecular flexibility index (Phi) is 4.86. The number of anilines is 1. The zero-order chi connectivity index (χ0) is 15.9. The van der Waals surface area contributed by atoms with Crippen molar-refractivity contribution in [2.75, 3.05) is 5.43 Å². The molecule has 0 amide bonds. The minimum Gasteiger partial charge on any atom is -0.454 e. The Morgan fingerprint density at radius 3 is 2.17 bits per heavy atom. The maximum atomic E-state index is 13.7. The van der Waals surface area contributed by atoms with Crippen molar-refractivity contribution in [3.8, 4) is 11.5 Å². The van der Waals surface area contributed by atoms with Crippen LogP contribution in [0.2, 0.25) is 0 Å². The van der Waals surface area contributed by atoms with E-state index in [4.69, 9.17) is 4.74 Å². The fourth-order valence-electron chi connectivity index (χ4n) is 2.16. The average Bonchev–Trinajstić information content (AvgIpc) is 2.59. The van der Waals surface area contributed by atoms with Gasteiger partial charge in [0.15, 0.2) is 11.6 Å². The summed E-state index contributed by atoms with van der Waals surface area (Å²) in [7, 11) is 0. The first-order valence-corrected chi connectivity index (χ1v) is 7.37. The lowest BCUT2D eigenvalue weighted by Crippen LogP contribution is -2.21. The van der Waals surface area contributed by atoms with Crippen LogP contribution in [0.15, 0.2) is 78.9 Å². The zero-order valence-corrected chi connectivity index (χ0v) is 12.5. The molecule has 0 saturated heterocycles. The number of rotatable bonds is 6. The van der Waals surface area contributed by atoms with Gasteiger partial charge in [0.1, 0.15) is 5.75 Å². The monoisotopic (exact) mass is 308 g/mol. The Morgan fingerprint density at radius 1 is 0.739 bits per heavy atom. The second-order valence-corrected chi connectivity index (χ2v) is 4.98. The third kappa shape index (κ3) is 4.08. The van der Waals surface area contributed by atoms with Crippen LogP contribution >= 0.6 is 0 Å². The molecule has 0 atom stereocenters. The summed E-state index contributed by atoms with van der Waals surface area (Å²) in [5.41, 5.74) is 8.15. The fraction of sp³-hybridized carbons (Fsp3) is 0.0526. The number of hydrogen-bond acceptors (Lipinski definition) is 3. The van der Waals surface area contributed by atoms with E-state index in [1.165, 1.54) is 6.07 Å². The third-order valence-electron chi connectivity index (χ3n) is 3.31. The van der Waals surface area contributed by atoms with Crippen LogP contribution in [0.4, 0.5) is 10.1 Å². The quantitative estimate of drug-likeness (QED) is 0.646.